The second-order valence-electron chi connectivity index (χ2n) is 8.80. The molecule has 4 rings (SSSR count). The van der Waals surface area contributed by atoms with Crippen molar-refractivity contribution in [2.45, 2.75) is 45.4 Å². The number of piperazine rings is 1. The number of ketones is 1. The van der Waals surface area contributed by atoms with Crippen LogP contribution in [0, 0.1) is 0 Å². The van der Waals surface area contributed by atoms with Gasteiger partial charge in [-0.1, -0.05) is 84.9 Å². The van der Waals surface area contributed by atoms with E-state index in [4.69, 9.17) is 0 Å². The quantitative estimate of drug-likeness (QED) is 0.494. The van der Waals surface area contributed by atoms with Gasteiger partial charge in [0.1, 0.15) is 0 Å². The summed E-state index contributed by atoms with van der Waals surface area (Å²) >= 11 is 0. The normalized spacial score (nSPS) is 21.0. The molecule has 0 N–H and O–H groups in total. The number of hydrogen-bond acceptors (Lipinski definition) is 3. The van der Waals surface area contributed by atoms with Crippen molar-refractivity contribution in [2.75, 3.05) is 13.1 Å². The van der Waals surface area contributed by atoms with Crippen LogP contribution < -0.4 is 0 Å². The van der Waals surface area contributed by atoms with Gasteiger partial charge in [-0.05, 0) is 37.5 Å². The summed E-state index contributed by atoms with van der Waals surface area (Å²) < 4.78 is 0. The molecular weight excluding hydrogens is 380 g/mol. The van der Waals surface area contributed by atoms with Crippen LogP contribution in [0.4, 0.5) is 0 Å². The molecule has 31 heavy (non-hydrogen) atoms. The van der Waals surface area contributed by atoms with Gasteiger partial charge in [-0.15, -0.1) is 0 Å². The fraction of sp³-hybridized carbons (Fsp3) is 0.321. The fourth-order valence-corrected chi connectivity index (χ4v) is 4.73. The highest BCUT2D eigenvalue weighted by atomic mass is 16.1. The van der Waals surface area contributed by atoms with Gasteiger partial charge in [-0.2, -0.15) is 0 Å². The first kappa shape index (κ1) is 21.5. The van der Waals surface area contributed by atoms with Crippen molar-refractivity contribution in [3.8, 4) is 0 Å². The standard InChI is InChI=1S/C28H32N2O/c1-21-19-30(22(2)18-29(21)20-24-10-6-4-7-11-24)28(26-12-8-5-9-13-26)27-16-14-25(15-17-27)23(3)31/h4-17,21-22,28H,18-20H2,1-3H3. The molecule has 1 saturated heterocycles. The Balaban J connectivity index is 1.60. The Bertz CT molecular complexity index is 985. The van der Waals surface area contributed by atoms with Crippen LogP contribution in [0.1, 0.15) is 53.9 Å². The van der Waals surface area contributed by atoms with Gasteiger partial charge in [0.2, 0.25) is 0 Å². The van der Waals surface area contributed by atoms with E-state index < -0.39 is 0 Å². The van der Waals surface area contributed by atoms with Crippen molar-refractivity contribution in [1.29, 1.82) is 0 Å². The molecule has 3 unspecified atom stereocenters. The maximum absolute atomic E-state index is 11.8. The number of hydrogen-bond donors (Lipinski definition) is 0. The van der Waals surface area contributed by atoms with E-state index in [0.29, 0.717) is 12.1 Å². The number of carbonyl (C=O) groups excluding carboxylic acids is 1. The van der Waals surface area contributed by atoms with Gasteiger partial charge >= 0.3 is 0 Å². The van der Waals surface area contributed by atoms with Crippen LogP contribution in [0.2, 0.25) is 0 Å². The first-order chi connectivity index (χ1) is 15.0. The van der Waals surface area contributed by atoms with E-state index >= 15 is 0 Å². The van der Waals surface area contributed by atoms with Crippen molar-refractivity contribution < 1.29 is 4.79 Å². The van der Waals surface area contributed by atoms with Gasteiger partial charge in [-0.3, -0.25) is 14.6 Å². The third-order valence-electron chi connectivity index (χ3n) is 6.47. The predicted octanol–water partition coefficient (Wildman–Crippen LogP) is 5.57. The summed E-state index contributed by atoms with van der Waals surface area (Å²) in [5, 5.41) is 0. The summed E-state index contributed by atoms with van der Waals surface area (Å²) in [6.45, 7) is 9.32. The van der Waals surface area contributed by atoms with E-state index in [-0.39, 0.29) is 11.8 Å². The van der Waals surface area contributed by atoms with Gasteiger partial charge in [0.05, 0.1) is 6.04 Å². The molecule has 3 atom stereocenters. The number of benzene rings is 3. The van der Waals surface area contributed by atoms with Crippen LogP contribution in [0.15, 0.2) is 84.9 Å². The predicted molar refractivity (Wildman–Crippen MR) is 127 cm³/mol. The molecule has 0 amide bonds. The average Bonchev–Trinajstić information content (AvgIpc) is 2.79. The molecule has 0 spiro atoms. The van der Waals surface area contributed by atoms with E-state index in [0.717, 1.165) is 25.2 Å². The number of rotatable bonds is 6. The van der Waals surface area contributed by atoms with Gasteiger partial charge in [0.15, 0.2) is 5.78 Å². The Labute approximate surface area is 186 Å². The van der Waals surface area contributed by atoms with Crippen LogP contribution in [-0.4, -0.2) is 40.8 Å². The lowest BCUT2D eigenvalue weighted by Crippen LogP contribution is -2.56. The first-order valence-electron chi connectivity index (χ1n) is 11.2. The maximum atomic E-state index is 11.8. The highest BCUT2D eigenvalue weighted by Crippen LogP contribution is 2.33. The molecule has 1 aliphatic rings. The smallest absolute Gasteiger partial charge is 0.159 e. The van der Waals surface area contributed by atoms with Crippen LogP contribution in [-0.2, 0) is 6.54 Å². The van der Waals surface area contributed by atoms with E-state index in [1.54, 1.807) is 6.92 Å². The Morgan fingerprint density at radius 3 is 2.00 bits per heavy atom. The van der Waals surface area contributed by atoms with Gasteiger partial charge in [-0.25, -0.2) is 0 Å². The molecule has 0 radical (unpaired) electrons. The zero-order valence-corrected chi connectivity index (χ0v) is 18.7. The van der Waals surface area contributed by atoms with E-state index in [2.05, 4.69) is 96.4 Å². The molecule has 3 aromatic rings. The highest BCUT2D eigenvalue weighted by molar-refractivity contribution is 5.94. The van der Waals surface area contributed by atoms with Crippen molar-refractivity contribution in [3.05, 3.63) is 107 Å². The molecule has 1 fully saturated rings. The topological polar surface area (TPSA) is 23.6 Å². The summed E-state index contributed by atoms with van der Waals surface area (Å²) in [4.78, 5) is 17.0. The zero-order valence-electron chi connectivity index (χ0n) is 18.7. The fourth-order valence-electron chi connectivity index (χ4n) is 4.73. The Kier molecular flexibility index (Phi) is 6.64. The van der Waals surface area contributed by atoms with Gasteiger partial charge < -0.3 is 0 Å². The summed E-state index contributed by atoms with van der Waals surface area (Å²) in [5.74, 6) is 0.110. The molecule has 0 aromatic heterocycles. The Hall–Kier alpha value is -2.75. The number of nitrogens with zero attached hydrogens (tertiary/aromatic N) is 2. The molecular formula is C28H32N2O. The molecule has 3 aromatic carbocycles. The lowest BCUT2D eigenvalue weighted by molar-refractivity contribution is 0.0195. The van der Waals surface area contributed by atoms with Crippen molar-refractivity contribution in [2.24, 2.45) is 0 Å². The minimum absolute atomic E-state index is 0.110. The molecule has 3 nitrogen and oxygen atoms in total. The van der Waals surface area contributed by atoms with Gasteiger partial charge in [0.25, 0.3) is 0 Å². The first-order valence-corrected chi connectivity index (χ1v) is 11.2. The van der Waals surface area contributed by atoms with Crippen LogP contribution in [0.3, 0.4) is 0 Å². The summed E-state index contributed by atoms with van der Waals surface area (Å²) in [6.07, 6.45) is 0. The second kappa shape index (κ2) is 9.59. The average molecular weight is 413 g/mol. The van der Waals surface area contributed by atoms with E-state index in [9.17, 15) is 4.79 Å². The second-order valence-corrected chi connectivity index (χ2v) is 8.80. The SMILES string of the molecule is CC(=O)c1ccc(C(c2ccccc2)N2CC(C)N(Cc3ccccc3)CC2C)cc1. The molecule has 0 saturated carbocycles. The van der Waals surface area contributed by atoms with Crippen LogP contribution >= 0.6 is 0 Å². The maximum Gasteiger partial charge on any atom is 0.159 e. The van der Waals surface area contributed by atoms with Crippen molar-refractivity contribution >= 4 is 5.78 Å². The molecule has 0 bridgehead atoms. The van der Waals surface area contributed by atoms with Crippen LogP contribution in [0.25, 0.3) is 0 Å². The van der Waals surface area contributed by atoms with Crippen LogP contribution in [0.5, 0.6) is 0 Å². The largest absolute Gasteiger partial charge is 0.295 e. The minimum Gasteiger partial charge on any atom is -0.295 e. The monoisotopic (exact) mass is 412 g/mol. The lowest BCUT2D eigenvalue weighted by Gasteiger charge is -2.47. The van der Waals surface area contributed by atoms with Gasteiger partial charge in [0, 0.05) is 37.3 Å². The Morgan fingerprint density at radius 1 is 0.806 bits per heavy atom. The molecule has 3 heteroatoms. The number of Topliss-reactive ketones (excluding diaryl/α,β-unsaturated/α-hetero) is 1. The number of carbonyl (C=O) groups is 1. The summed E-state index contributed by atoms with van der Waals surface area (Å²) in [7, 11) is 0. The van der Waals surface area contributed by atoms with Crippen molar-refractivity contribution in [3.63, 3.8) is 0 Å². The highest BCUT2D eigenvalue weighted by Gasteiger charge is 2.34. The summed E-state index contributed by atoms with van der Waals surface area (Å²) in [6, 6.07) is 30.7. The van der Waals surface area contributed by atoms with E-state index in [1.165, 1.54) is 16.7 Å². The molecule has 0 aliphatic carbocycles. The molecule has 160 valence electrons. The molecule has 1 aliphatic heterocycles. The minimum atomic E-state index is 0.110. The van der Waals surface area contributed by atoms with E-state index in [1.807, 2.05) is 12.1 Å². The third kappa shape index (κ3) is 4.95. The van der Waals surface area contributed by atoms with Crippen molar-refractivity contribution in [1.82, 2.24) is 9.80 Å². The zero-order chi connectivity index (χ0) is 21.8. The Morgan fingerprint density at radius 2 is 1.39 bits per heavy atom. The summed E-state index contributed by atoms with van der Waals surface area (Å²) in [5.41, 5.74) is 4.68. The molecule has 1 heterocycles. The lowest BCUT2D eigenvalue weighted by atomic mass is 9.92. The third-order valence-corrected chi connectivity index (χ3v) is 6.47.